The number of carbonyl (C=O) groups is 1. The predicted molar refractivity (Wildman–Crippen MR) is 93.1 cm³/mol. The van der Waals surface area contributed by atoms with Crippen molar-refractivity contribution in [2.45, 2.75) is 38.8 Å². The molecule has 6 rings (SSSR count). The first kappa shape index (κ1) is 14.5. The Morgan fingerprint density at radius 1 is 1.17 bits per heavy atom. The number of rotatable bonds is 2. The number of fused-ring (bicyclic) bond motifs is 3. The van der Waals surface area contributed by atoms with Crippen molar-refractivity contribution in [3.63, 3.8) is 0 Å². The summed E-state index contributed by atoms with van der Waals surface area (Å²) in [4.78, 5) is 22.8. The van der Waals surface area contributed by atoms with Gasteiger partial charge in [0.15, 0.2) is 0 Å². The first-order chi connectivity index (χ1) is 11.8. The van der Waals surface area contributed by atoms with E-state index >= 15 is 0 Å². The molecule has 4 aliphatic heterocycles. The Labute approximate surface area is 142 Å². The van der Waals surface area contributed by atoms with Crippen LogP contribution in [0.25, 0.3) is 11.0 Å². The van der Waals surface area contributed by atoms with Crippen molar-refractivity contribution in [1.82, 2.24) is 19.4 Å². The fourth-order valence-electron chi connectivity index (χ4n) is 4.98. The number of carbonyl (C=O) groups excluding carboxylic acids is 1. The average Bonchev–Trinajstić information content (AvgIpc) is 2.93. The molecule has 1 atom stereocenters. The zero-order chi connectivity index (χ0) is 16.3. The van der Waals surface area contributed by atoms with Gasteiger partial charge in [-0.05, 0) is 44.0 Å². The van der Waals surface area contributed by atoms with Crippen LogP contribution >= 0.6 is 0 Å². The third-order valence-electron chi connectivity index (χ3n) is 6.24. The fourth-order valence-corrected chi connectivity index (χ4v) is 4.98. The van der Waals surface area contributed by atoms with E-state index in [1.165, 1.54) is 25.9 Å². The zero-order valence-electron chi connectivity index (χ0n) is 14.2. The molecule has 5 heterocycles. The van der Waals surface area contributed by atoms with E-state index in [1.807, 2.05) is 18.2 Å². The minimum atomic E-state index is 0.209. The molecule has 1 aromatic carbocycles. The molecular formula is C19H24N4O. The normalized spacial score (nSPS) is 29.3. The van der Waals surface area contributed by atoms with E-state index in [-0.39, 0.29) is 5.91 Å². The van der Waals surface area contributed by atoms with Crippen LogP contribution in [0.15, 0.2) is 18.2 Å². The summed E-state index contributed by atoms with van der Waals surface area (Å²) in [6.45, 7) is 7.29. The number of hydrogen-bond acceptors (Lipinski definition) is 3. The quantitative estimate of drug-likeness (QED) is 0.850. The molecule has 0 aliphatic carbocycles. The molecule has 0 spiro atoms. The first-order valence-corrected chi connectivity index (χ1v) is 9.27. The number of aromatic nitrogens is 2. The summed E-state index contributed by atoms with van der Waals surface area (Å²) in [5.41, 5.74) is 2.85. The monoisotopic (exact) mass is 324 g/mol. The summed E-state index contributed by atoms with van der Waals surface area (Å²) in [6, 6.07) is 6.39. The molecular weight excluding hydrogens is 300 g/mol. The summed E-state index contributed by atoms with van der Waals surface area (Å²) < 4.78 is 2.28. The van der Waals surface area contributed by atoms with Crippen molar-refractivity contribution < 1.29 is 4.79 Å². The molecule has 2 aromatic rings. The standard InChI is InChI=1S/C19H24N4O/c1-2-17-20-15-5-3-4-14-18(15)23(17)11-10-22(19(14)24)16-12-21-8-6-13(16)7-9-21/h3-5,13,16H,2,6-12H2,1H3/t16-/m0/s1. The number of piperidine rings is 3. The van der Waals surface area contributed by atoms with E-state index in [4.69, 9.17) is 4.98 Å². The van der Waals surface area contributed by atoms with Crippen LogP contribution in [0, 0.1) is 5.92 Å². The van der Waals surface area contributed by atoms with Crippen LogP contribution in [0.2, 0.25) is 0 Å². The molecule has 0 saturated carbocycles. The van der Waals surface area contributed by atoms with E-state index in [9.17, 15) is 4.79 Å². The highest BCUT2D eigenvalue weighted by molar-refractivity contribution is 6.05. The highest BCUT2D eigenvalue weighted by atomic mass is 16.2. The lowest BCUT2D eigenvalue weighted by atomic mass is 9.83. The number of benzene rings is 1. The van der Waals surface area contributed by atoms with Crippen LogP contribution in [0.4, 0.5) is 0 Å². The molecule has 3 fully saturated rings. The molecule has 5 nitrogen and oxygen atoms in total. The van der Waals surface area contributed by atoms with Gasteiger partial charge in [-0.3, -0.25) is 4.79 Å². The maximum atomic E-state index is 13.4. The number of para-hydroxylation sites is 1. The van der Waals surface area contributed by atoms with Crippen LogP contribution in [0.3, 0.4) is 0 Å². The lowest BCUT2D eigenvalue weighted by Gasteiger charge is -2.48. The van der Waals surface area contributed by atoms with E-state index in [0.29, 0.717) is 12.0 Å². The second kappa shape index (κ2) is 5.31. The molecule has 126 valence electrons. The summed E-state index contributed by atoms with van der Waals surface area (Å²) in [6.07, 6.45) is 3.39. The average molecular weight is 324 g/mol. The van der Waals surface area contributed by atoms with Crippen LogP contribution in [0.1, 0.15) is 35.9 Å². The Bertz CT molecular complexity index is 803. The molecule has 4 aliphatic rings. The summed E-state index contributed by atoms with van der Waals surface area (Å²) in [5.74, 6) is 1.99. The molecule has 24 heavy (non-hydrogen) atoms. The number of nitrogens with zero attached hydrogens (tertiary/aromatic N) is 4. The van der Waals surface area contributed by atoms with Crippen LogP contribution < -0.4 is 0 Å². The maximum Gasteiger partial charge on any atom is 0.256 e. The largest absolute Gasteiger partial charge is 0.332 e. The van der Waals surface area contributed by atoms with Gasteiger partial charge in [0.05, 0.1) is 16.6 Å². The highest BCUT2D eigenvalue weighted by Gasteiger charge is 2.40. The van der Waals surface area contributed by atoms with Crippen molar-refractivity contribution in [2.24, 2.45) is 5.92 Å². The number of amides is 1. The maximum absolute atomic E-state index is 13.4. The van der Waals surface area contributed by atoms with Crippen molar-refractivity contribution in [1.29, 1.82) is 0 Å². The SMILES string of the molecule is CCc1nc2cccc3c2n1CCN([C@H]1CN2CCC1CC2)C3=O. The molecule has 0 radical (unpaired) electrons. The van der Waals surface area contributed by atoms with Gasteiger partial charge < -0.3 is 14.4 Å². The van der Waals surface area contributed by atoms with Gasteiger partial charge in [-0.25, -0.2) is 4.98 Å². The third-order valence-corrected chi connectivity index (χ3v) is 6.24. The van der Waals surface area contributed by atoms with Gasteiger partial charge in [0, 0.05) is 32.1 Å². The van der Waals surface area contributed by atoms with E-state index in [0.717, 1.165) is 48.5 Å². The molecule has 0 unspecified atom stereocenters. The second-order valence-corrected chi connectivity index (χ2v) is 7.41. The lowest BCUT2D eigenvalue weighted by Crippen LogP contribution is -2.58. The van der Waals surface area contributed by atoms with Crippen LogP contribution in [-0.4, -0.2) is 57.5 Å². The van der Waals surface area contributed by atoms with Crippen molar-refractivity contribution in [3.05, 3.63) is 29.6 Å². The van der Waals surface area contributed by atoms with Gasteiger partial charge >= 0.3 is 0 Å². The molecule has 5 heteroatoms. The van der Waals surface area contributed by atoms with Gasteiger partial charge in [-0.15, -0.1) is 0 Å². The molecule has 0 N–H and O–H groups in total. The third kappa shape index (κ3) is 1.97. The minimum Gasteiger partial charge on any atom is -0.332 e. The van der Waals surface area contributed by atoms with Crippen molar-refractivity contribution in [3.8, 4) is 0 Å². The van der Waals surface area contributed by atoms with Gasteiger partial charge in [0.1, 0.15) is 5.82 Å². The fraction of sp³-hybridized carbons (Fsp3) is 0.579. The Morgan fingerprint density at radius 2 is 2.00 bits per heavy atom. The van der Waals surface area contributed by atoms with Gasteiger partial charge in [-0.1, -0.05) is 13.0 Å². The molecule has 2 bridgehead atoms. The summed E-state index contributed by atoms with van der Waals surface area (Å²) >= 11 is 0. The molecule has 3 saturated heterocycles. The van der Waals surface area contributed by atoms with Crippen molar-refractivity contribution >= 4 is 16.9 Å². The van der Waals surface area contributed by atoms with E-state index in [1.54, 1.807) is 0 Å². The van der Waals surface area contributed by atoms with Gasteiger partial charge in [0.25, 0.3) is 5.91 Å². The van der Waals surface area contributed by atoms with E-state index < -0.39 is 0 Å². The Morgan fingerprint density at radius 3 is 2.71 bits per heavy atom. The van der Waals surface area contributed by atoms with Crippen LogP contribution in [-0.2, 0) is 13.0 Å². The van der Waals surface area contributed by atoms with Crippen LogP contribution in [0.5, 0.6) is 0 Å². The Balaban J connectivity index is 1.58. The number of imidazole rings is 1. The van der Waals surface area contributed by atoms with Crippen molar-refractivity contribution in [2.75, 3.05) is 26.2 Å². The minimum absolute atomic E-state index is 0.209. The van der Waals surface area contributed by atoms with Gasteiger partial charge in [0.2, 0.25) is 0 Å². The summed E-state index contributed by atoms with van der Waals surface area (Å²) in [5, 5.41) is 0. The zero-order valence-corrected chi connectivity index (χ0v) is 14.2. The predicted octanol–water partition coefficient (Wildman–Crippen LogP) is 2.15. The first-order valence-electron chi connectivity index (χ1n) is 9.27. The molecule has 1 amide bonds. The number of hydrogen-bond donors (Lipinski definition) is 0. The van der Waals surface area contributed by atoms with E-state index in [2.05, 4.69) is 21.3 Å². The smallest absolute Gasteiger partial charge is 0.256 e. The van der Waals surface area contributed by atoms with Gasteiger partial charge in [-0.2, -0.15) is 0 Å². The lowest BCUT2D eigenvalue weighted by molar-refractivity contribution is 0.00721. The Hall–Kier alpha value is -1.88. The topological polar surface area (TPSA) is 41.4 Å². The molecule has 1 aromatic heterocycles. The highest BCUT2D eigenvalue weighted by Crippen LogP contribution is 2.34. The number of aryl methyl sites for hydroxylation is 1. The second-order valence-electron chi connectivity index (χ2n) is 7.41. The summed E-state index contributed by atoms with van der Waals surface area (Å²) in [7, 11) is 0. The Kier molecular flexibility index (Phi) is 3.20.